The number of guanidine groups is 1. The number of hydrogen-bond donors (Lipinski definition) is 2. The van der Waals surface area contributed by atoms with Crippen molar-refractivity contribution in [3.8, 4) is 5.75 Å². The first kappa shape index (κ1) is 18.8. The standard InChI is InChI=1S/C18H28N6O/c1-4-17-23-22-14-24(17)13-12-21-18(19-5-2)20-11-10-15-8-6-7-9-16(15)25-3/h6-9,14H,4-5,10-13H2,1-3H3,(H2,19,20,21). The molecule has 0 spiro atoms. The maximum absolute atomic E-state index is 5.38. The van der Waals surface area contributed by atoms with Crippen LogP contribution in [0.5, 0.6) is 5.75 Å². The maximum Gasteiger partial charge on any atom is 0.191 e. The molecule has 0 aliphatic heterocycles. The number of hydrogen-bond acceptors (Lipinski definition) is 4. The Bertz CT molecular complexity index is 667. The fourth-order valence-electron chi connectivity index (χ4n) is 2.57. The van der Waals surface area contributed by atoms with E-state index in [4.69, 9.17) is 4.74 Å². The maximum atomic E-state index is 5.38. The van der Waals surface area contributed by atoms with Crippen molar-refractivity contribution in [3.05, 3.63) is 42.0 Å². The summed E-state index contributed by atoms with van der Waals surface area (Å²) in [6, 6.07) is 8.06. The van der Waals surface area contributed by atoms with E-state index in [0.29, 0.717) is 6.54 Å². The molecule has 136 valence electrons. The Kier molecular flexibility index (Phi) is 7.75. The molecule has 2 aromatic rings. The summed E-state index contributed by atoms with van der Waals surface area (Å²) in [7, 11) is 1.70. The highest BCUT2D eigenvalue weighted by atomic mass is 16.5. The third-order valence-electron chi connectivity index (χ3n) is 3.84. The molecule has 1 heterocycles. The minimum Gasteiger partial charge on any atom is -0.496 e. The zero-order valence-corrected chi connectivity index (χ0v) is 15.3. The second-order valence-corrected chi connectivity index (χ2v) is 5.54. The topological polar surface area (TPSA) is 76.4 Å². The molecule has 0 aliphatic carbocycles. The Labute approximate surface area is 149 Å². The van der Waals surface area contributed by atoms with Gasteiger partial charge in [0.2, 0.25) is 0 Å². The number of aromatic nitrogens is 3. The first-order valence-electron chi connectivity index (χ1n) is 8.79. The van der Waals surface area contributed by atoms with Crippen LogP contribution in [-0.4, -0.2) is 47.5 Å². The highest BCUT2D eigenvalue weighted by Crippen LogP contribution is 2.17. The molecule has 7 nitrogen and oxygen atoms in total. The van der Waals surface area contributed by atoms with Gasteiger partial charge in [-0.2, -0.15) is 0 Å². The summed E-state index contributed by atoms with van der Waals surface area (Å²) in [5, 5.41) is 14.7. The Morgan fingerprint density at radius 2 is 2.08 bits per heavy atom. The van der Waals surface area contributed by atoms with Gasteiger partial charge in [-0.3, -0.25) is 4.99 Å². The van der Waals surface area contributed by atoms with Gasteiger partial charge in [0.1, 0.15) is 17.9 Å². The molecular weight excluding hydrogens is 316 g/mol. The molecule has 25 heavy (non-hydrogen) atoms. The zero-order valence-electron chi connectivity index (χ0n) is 15.3. The SMILES string of the molecule is CCNC(=NCCc1ccccc1OC)NCCn1cnnc1CC. The summed E-state index contributed by atoms with van der Waals surface area (Å²) in [5.41, 5.74) is 1.17. The second kappa shape index (κ2) is 10.3. The van der Waals surface area contributed by atoms with Gasteiger partial charge in [-0.05, 0) is 25.0 Å². The van der Waals surface area contributed by atoms with E-state index in [1.165, 1.54) is 5.56 Å². The van der Waals surface area contributed by atoms with E-state index in [9.17, 15) is 0 Å². The van der Waals surface area contributed by atoms with Crippen LogP contribution in [0.25, 0.3) is 0 Å². The van der Waals surface area contributed by atoms with E-state index in [2.05, 4.69) is 50.3 Å². The number of nitrogens with zero attached hydrogens (tertiary/aromatic N) is 4. The number of aryl methyl sites for hydroxylation is 1. The smallest absolute Gasteiger partial charge is 0.191 e. The second-order valence-electron chi connectivity index (χ2n) is 5.54. The number of para-hydroxylation sites is 1. The fraction of sp³-hybridized carbons (Fsp3) is 0.500. The van der Waals surface area contributed by atoms with Crippen molar-refractivity contribution in [3.63, 3.8) is 0 Å². The highest BCUT2D eigenvalue weighted by Gasteiger charge is 2.03. The third-order valence-corrected chi connectivity index (χ3v) is 3.84. The van der Waals surface area contributed by atoms with Crippen LogP contribution in [0.2, 0.25) is 0 Å². The van der Waals surface area contributed by atoms with Crippen molar-refractivity contribution in [1.29, 1.82) is 0 Å². The molecule has 2 rings (SSSR count). The average molecular weight is 344 g/mol. The molecule has 0 amide bonds. The van der Waals surface area contributed by atoms with Crippen LogP contribution in [0.1, 0.15) is 25.2 Å². The van der Waals surface area contributed by atoms with Gasteiger partial charge in [-0.15, -0.1) is 10.2 Å². The van der Waals surface area contributed by atoms with E-state index in [1.54, 1.807) is 13.4 Å². The lowest BCUT2D eigenvalue weighted by Gasteiger charge is -2.12. The molecule has 0 saturated carbocycles. The van der Waals surface area contributed by atoms with Gasteiger partial charge in [-0.25, -0.2) is 0 Å². The number of methoxy groups -OCH3 is 1. The Morgan fingerprint density at radius 1 is 1.24 bits per heavy atom. The predicted molar refractivity (Wildman–Crippen MR) is 100 cm³/mol. The lowest BCUT2D eigenvalue weighted by molar-refractivity contribution is 0.410. The summed E-state index contributed by atoms with van der Waals surface area (Å²) < 4.78 is 7.45. The normalized spacial score (nSPS) is 11.4. The van der Waals surface area contributed by atoms with E-state index >= 15 is 0 Å². The first-order valence-corrected chi connectivity index (χ1v) is 8.79. The van der Waals surface area contributed by atoms with Crippen molar-refractivity contribution < 1.29 is 4.74 Å². The predicted octanol–water partition coefficient (Wildman–Crippen LogP) is 1.65. The summed E-state index contributed by atoms with van der Waals surface area (Å²) >= 11 is 0. The third kappa shape index (κ3) is 5.77. The Hall–Kier alpha value is -2.57. The first-order chi connectivity index (χ1) is 12.3. The van der Waals surface area contributed by atoms with Gasteiger partial charge in [0.05, 0.1) is 7.11 Å². The van der Waals surface area contributed by atoms with Crippen LogP contribution in [0, 0.1) is 0 Å². The Balaban J connectivity index is 1.85. The van der Waals surface area contributed by atoms with Crippen LogP contribution in [-0.2, 0) is 19.4 Å². The lowest BCUT2D eigenvalue weighted by Crippen LogP contribution is -2.39. The average Bonchev–Trinajstić information content (AvgIpc) is 3.09. The van der Waals surface area contributed by atoms with Crippen molar-refractivity contribution >= 4 is 5.96 Å². The van der Waals surface area contributed by atoms with Crippen LogP contribution in [0.3, 0.4) is 0 Å². The minimum absolute atomic E-state index is 0.697. The van der Waals surface area contributed by atoms with Crippen molar-refractivity contribution in [2.24, 2.45) is 4.99 Å². The molecule has 0 atom stereocenters. The number of rotatable bonds is 9. The monoisotopic (exact) mass is 344 g/mol. The summed E-state index contributed by atoms with van der Waals surface area (Å²) in [6.45, 7) is 7.25. The van der Waals surface area contributed by atoms with E-state index in [-0.39, 0.29) is 0 Å². The zero-order chi connectivity index (χ0) is 17.9. The molecule has 1 aromatic heterocycles. The Morgan fingerprint density at radius 3 is 2.84 bits per heavy atom. The lowest BCUT2D eigenvalue weighted by atomic mass is 10.1. The summed E-state index contributed by atoms with van der Waals surface area (Å²) in [4.78, 5) is 4.64. The molecular formula is C18H28N6O. The van der Waals surface area contributed by atoms with Crippen LogP contribution in [0.15, 0.2) is 35.6 Å². The molecule has 0 fully saturated rings. The van der Waals surface area contributed by atoms with E-state index in [0.717, 1.165) is 50.0 Å². The summed E-state index contributed by atoms with van der Waals surface area (Å²) in [6.07, 6.45) is 3.49. The molecule has 0 radical (unpaired) electrons. The van der Waals surface area contributed by atoms with Crippen LogP contribution < -0.4 is 15.4 Å². The summed E-state index contributed by atoms with van der Waals surface area (Å²) in [5.74, 6) is 2.73. The quantitative estimate of drug-likeness (QED) is 0.534. The number of benzene rings is 1. The molecule has 0 bridgehead atoms. The number of nitrogens with one attached hydrogen (secondary N) is 2. The molecule has 7 heteroatoms. The molecule has 0 saturated heterocycles. The number of aliphatic imine (C=N–C) groups is 1. The van der Waals surface area contributed by atoms with E-state index < -0.39 is 0 Å². The van der Waals surface area contributed by atoms with Gasteiger partial charge < -0.3 is 19.9 Å². The molecule has 1 aromatic carbocycles. The van der Waals surface area contributed by atoms with Crippen molar-refractivity contribution in [1.82, 2.24) is 25.4 Å². The van der Waals surface area contributed by atoms with Gasteiger partial charge in [-0.1, -0.05) is 25.1 Å². The molecule has 2 N–H and O–H groups in total. The fourth-order valence-corrected chi connectivity index (χ4v) is 2.57. The minimum atomic E-state index is 0.697. The van der Waals surface area contributed by atoms with Gasteiger partial charge in [0.15, 0.2) is 5.96 Å². The van der Waals surface area contributed by atoms with Gasteiger partial charge >= 0.3 is 0 Å². The van der Waals surface area contributed by atoms with Crippen LogP contribution in [0.4, 0.5) is 0 Å². The largest absolute Gasteiger partial charge is 0.496 e. The van der Waals surface area contributed by atoms with E-state index in [1.807, 2.05) is 18.2 Å². The number of ether oxygens (including phenoxy) is 1. The highest BCUT2D eigenvalue weighted by molar-refractivity contribution is 5.79. The molecule has 0 aliphatic rings. The van der Waals surface area contributed by atoms with Crippen molar-refractivity contribution in [2.45, 2.75) is 33.2 Å². The van der Waals surface area contributed by atoms with Crippen molar-refractivity contribution in [2.75, 3.05) is 26.7 Å². The van der Waals surface area contributed by atoms with Gasteiger partial charge in [0, 0.05) is 32.6 Å². The van der Waals surface area contributed by atoms with Crippen LogP contribution >= 0.6 is 0 Å². The molecule has 0 unspecified atom stereocenters. The van der Waals surface area contributed by atoms with Gasteiger partial charge in [0.25, 0.3) is 0 Å².